The lowest BCUT2D eigenvalue weighted by atomic mass is 10.1. The summed E-state index contributed by atoms with van der Waals surface area (Å²) in [7, 11) is 4.54. The van der Waals surface area contributed by atoms with Gasteiger partial charge in [-0.3, -0.25) is 0 Å². The number of rotatable bonds is 5. The first-order chi connectivity index (χ1) is 11.7. The molecule has 2 aromatic rings. The molecule has 1 aliphatic rings. The number of benzene rings is 1. The van der Waals surface area contributed by atoms with Gasteiger partial charge < -0.3 is 23.4 Å². The zero-order chi connectivity index (χ0) is 17.1. The molecule has 0 N–H and O–H groups in total. The molecule has 2 heterocycles. The third-order valence-corrected chi connectivity index (χ3v) is 3.38. The van der Waals surface area contributed by atoms with Crippen molar-refractivity contribution in [2.24, 2.45) is 4.99 Å². The van der Waals surface area contributed by atoms with Crippen molar-refractivity contribution in [2.45, 2.75) is 0 Å². The lowest BCUT2D eigenvalue weighted by Crippen LogP contribution is -2.04. The number of carbonyl (C=O) groups is 1. The van der Waals surface area contributed by atoms with Gasteiger partial charge in [0.1, 0.15) is 0 Å². The highest BCUT2D eigenvalue weighted by molar-refractivity contribution is 6.12. The SMILES string of the molecule is COc1ccc(/C=C2\N=C(c3ccco3)OC2=O)c(OC)c1OC. The topological polar surface area (TPSA) is 79.5 Å². The fourth-order valence-corrected chi connectivity index (χ4v) is 2.30. The summed E-state index contributed by atoms with van der Waals surface area (Å²) in [5.74, 6) is 1.31. The predicted molar refractivity (Wildman–Crippen MR) is 85.4 cm³/mol. The van der Waals surface area contributed by atoms with Crippen molar-refractivity contribution in [1.29, 1.82) is 0 Å². The van der Waals surface area contributed by atoms with Gasteiger partial charge in [-0.05, 0) is 30.3 Å². The van der Waals surface area contributed by atoms with E-state index in [1.165, 1.54) is 27.6 Å². The molecule has 24 heavy (non-hydrogen) atoms. The van der Waals surface area contributed by atoms with Gasteiger partial charge in [0.25, 0.3) is 5.90 Å². The molecular weight excluding hydrogens is 314 g/mol. The Balaban J connectivity index is 2.03. The molecule has 1 aromatic heterocycles. The largest absolute Gasteiger partial charge is 0.493 e. The number of methoxy groups -OCH3 is 3. The van der Waals surface area contributed by atoms with Gasteiger partial charge in [-0.25, -0.2) is 9.79 Å². The first-order valence-corrected chi connectivity index (χ1v) is 7.03. The van der Waals surface area contributed by atoms with E-state index in [-0.39, 0.29) is 11.6 Å². The Bertz CT molecular complexity index is 820. The second-order valence-corrected chi connectivity index (χ2v) is 4.74. The number of cyclic esters (lactones) is 1. The standard InChI is InChI=1S/C17H15NO6/c1-20-12-7-6-10(14(21-2)15(12)22-3)9-11-17(19)24-16(18-11)13-5-4-8-23-13/h4-9H,1-3H3/b11-9-. The van der Waals surface area contributed by atoms with Crippen LogP contribution in [-0.2, 0) is 9.53 Å². The van der Waals surface area contributed by atoms with Gasteiger partial charge in [0.05, 0.1) is 27.6 Å². The number of hydrogen-bond acceptors (Lipinski definition) is 7. The van der Waals surface area contributed by atoms with Gasteiger partial charge in [-0.15, -0.1) is 0 Å². The summed E-state index contributed by atoms with van der Waals surface area (Å²) >= 11 is 0. The molecule has 7 heteroatoms. The highest BCUT2D eigenvalue weighted by atomic mass is 16.6. The number of esters is 1. The van der Waals surface area contributed by atoms with Crippen LogP contribution < -0.4 is 14.2 Å². The number of nitrogens with zero attached hydrogens (tertiary/aromatic N) is 1. The van der Waals surface area contributed by atoms with Gasteiger partial charge in [0, 0.05) is 5.56 Å². The molecule has 3 rings (SSSR count). The highest BCUT2D eigenvalue weighted by Crippen LogP contribution is 2.40. The van der Waals surface area contributed by atoms with Crippen molar-refractivity contribution in [2.75, 3.05) is 21.3 Å². The summed E-state index contributed by atoms with van der Waals surface area (Å²) in [5.41, 5.74) is 0.735. The summed E-state index contributed by atoms with van der Waals surface area (Å²) in [5, 5.41) is 0. The van der Waals surface area contributed by atoms with Crippen LogP contribution in [0.2, 0.25) is 0 Å². The van der Waals surface area contributed by atoms with E-state index in [1.54, 1.807) is 30.3 Å². The Kier molecular flexibility index (Phi) is 4.24. The van der Waals surface area contributed by atoms with E-state index in [4.69, 9.17) is 23.4 Å². The number of carbonyl (C=O) groups excluding carboxylic acids is 1. The van der Waals surface area contributed by atoms with Crippen LogP contribution in [0.3, 0.4) is 0 Å². The molecule has 0 spiro atoms. The van der Waals surface area contributed by atoms with Gasteiger partial charge >= 0.3 is 5.97 Å². The molecule has 0 atom stereocenters. The van der Waals surface area contributed by atoms with Crippen molar-refractivity contribution in [3.8, 4) is 17.2 Å². The predicted octanol–water partition coefficient (Wildman–Crippen LogP) is 2.65. The molecule has 7 nitrogen and oxygen atoms in total. The molecular formula is C17H15NO6. The maximum Gasteiger partial charge on any atom is 0.363 e. The van der Waals surface area contributed by atoms with Crippen LogP contribution in [0.15, 0.2) is 45.6 Å². The monoisotopic (exact) mass is 329 g/mol. The number of hydrogen-bond donors (Lipinski definition) is 0. The molecule has 0 unspecified atom stereocenters. The lowest BCUT2D eigenvalue weighted by Gasteiger charge is -2.14. The Morgan fingerprint density at radius 1 is 1.04 bits per heavy atom. The first kappa shape index (κ1) is 15.7. The Morgan fingerprint density at radius 2 is 1.83 bits per heavy atom. The Labute approximate surface area is 138 Å². The zero-order valence-electron chi connectivity index (χ0n) is 13.4. The molecule has 0 radical (unpaired) electrons. The minimum atomic E-state index is -0.571. The molecule has 1 aromatic carbocycles. The van der Waals surface area contributed by atoms with E-state index < -0.39 is 5.97 Å². The molecule has 0 fully saturated rings. The van der Waals surface area contributed by atoms with Crippen LogP contribution in [0.5, 0.6) is 17.2 Å². The molecule has 0 saturated heterocycles. The fourth-order valence-electron chi connectivity index (χ4n) is 2.30. The summed E-state index contributed by atoms with van der Waals surface area (Å²) < 4.78 is 26.2. The van der Waals surface area contributed by atoms with Gasteiger partial charge in [0.15, 0.2) is 23.0 Å². The second-order valence-electron chi connectivity index (χ2n) is 4.74. The Hall–Kier alpha value is -3.22. The van der Waals surface area contributed by atoms with Crippen LogP contribution in [0.25, 0.3) is 6.08 Å². The van der Waals surface area contributed by atoms with Crippen molar-refractivity contribution in [3.05, 3.63) is 47.5 Å². The zero-order valence-corrected chi connectivity index (χ0v) is 13.4. The van der Waals surface area contributed by atoms with Crippen LogP contribution in [0.1, 0.15) is 11.3 Å². The average Bonchev–Trinajstić information content (AvgIpc) is 3.24. The third kappa shape index (κ3) is 2.71. The average molecular weight is 329 g/mol. The van der Waals surface area contributed by atoms with Crippen LogP contribution in [-0.4, -0.2) is 33.2 Å². The van der Waals surface area contributed by atoms with E-state index in [0.29, 0.717) is 28.6 Å². The van der Waals surface area contributed by atoms with Crippen LogP contribution >= 0.6 is 0 Å². The molecule has 0 saturated carbocycles. The van der Waals surface area contributed by atoms with Crippen molar-refractivity contribution in [1.82, 2.24) is 0 Å². The molecule has 0 aliphatic carbocycles. The maximum absolute atomic E-state index is 12.0. The Morgan fingerprint density at radius 3 is 2.46 bits per heavy atom. The minimum absolute atomic E-state index is 0.121. The highest BCUT2D eigenvalue weighted by Gasteiger charge is 2.26. The van der Waals surface area contributed by atoms with E-state index >= 15 is 0 Å². The van der Waals surface area contributed by atoms with Gasteiger partial charge in [-0.1, -0.05) is 0 Å². The summed E-state index contributed by atoms with van der Waals surface area (Å²) in [6, 6.07) is 6.79. The molecule has 0 amide bonds. The van der Waals surface area contributed by atoms with Gasteiger partial charge in [-0.2, -0.15) is 0 Å². The number of aliphatic imine (C=N–C) groups is 1. The summed E-state index contributed by atoms with van der Waals surface area (Å²) in [6.45, 7) is 0. The smallest absolute Gasteiger partial charge is 0.363 e. The molecule has 124 valence electrons. The normalized spacial score (nSPS) is 15.2. The number of furan rings is 1. The maximum atomic E-state index is 12.0. The van der Waals surface area contributed by atoms with Crippen molar-refractivity contribution >= 4 is 17.9 Å². The molecule has 1 aliphatic heterocycles. The first-order valence-electron chi connectivity index (χ1n) is 7.03. The second kappa shape index (κ2) is 6.49. The number of ether oxygens (including phenoxy) is 4. The van der Waals surface area contributed by atoms with Crippen molar-refractivity contribution in [3.63, 3.8) is 0 Å². The van der Waals surface area contributed by atoms with E-state index in [1.807, 2.05) is 0 Å². The molecule has 0 bridgehead atoms. The minimum Gasteiger partial charge on any atom is -0.493 e. The van der Waals surface area contributed by atoms with E-state index in [2.05, 4.69) is 4.99 Å². The van der Waals surface area contributed by atoms with Crippen LogP contribution in [0.4, 0.5) is 0 Å². The fraction of sp³-hybridized carbons (Fsp3) is 0.176. The van der Waals surface area contributed by atoms with Crippen molar-refractivity contribution < 1.29 is 28.2 Å². The summed E-state index contributed by atoms with van der Waals surface area (Å²) in [6.07, 6.45) is 3.03. The van der Waals surface area contributed by atoms with E-state index in [0.717, 1.165) is 0 Å². The third-order valence-electron chi connectivity index (χ3n) is 3.38. The van der Waals surface area contributed by atoms with Gasteiger partial charge in [0.2, 0.25) is 5.75 Å². The van der Waals surface area contributed by atoms with E-state index in [9.17, 15) is 4.79 Å². The lowest BCUT2D eigenvalue weighted by molar-refractivity contribution is -0.130. The summed E-state index contributed by atoms with van der Waals surface area (Å²) in [4.78, 5) is 16.2. The van der Waals surface area contributed by atoms with Crippen LogP contribution in [0, 0.1) is 0 Å². The quantitative estimate of drug-likeness (QED) is 0.620.